The Morgan fingerprint density at radius 3 is 1.18 bits per heavy atom. The molecule has 0 unspecified atom stereocenters. The van der Waals surface area contributed by atoms with Crippen LogP contribution in [-0.2, 0) is 28.6 Å². The van der Waals surface area contributed by atoms with Gasteiger partial charge in [-0.15, -0.1) is 0 Å². The smallest absolute Gasteiger partial charge is 0.420 e. The summed E-state index contributed by atoms with van der Waals surface area (Å²) >= 11 is 0. The van der Waals surface area contributed by atoms with Gasteiger partial charge in [0, 0.05) is 44.3 Å². The minimum absolute atomic E-state index is 0.184. The van der Waals surface area contributed by atoms with Crippen molar-refractivity contribution in [3.05, 3.63) is 275 Å². The fourth-order valence-electron chi connectivity index (χ4n) is 15.3. The van der Waals surface area contributed by atoms with Crippen LogP contribution in [0.25, 0.3) is 99.2 Å². The van der Waals surface area contributed by atoms with Crippen LogP contribution >= 0.6 is 0 Å². The van der Waals surface area contributed by atoms with Crippen molar-refractivity contribution in [2.24, 2.45) is 0 Å². The van der Waals surface area contributed by atoms with E-state index in [0.29, 0.717) is 44.1 Å². The predicted molar refractivity (Wildman–Crippen MR) is 356 cm³/mol. The summed E-state index contributed by atoms with van der Waals surface area (Å²) in [5, 5.41) is 4.13. The predicted octanol–water partition coefficient (Wildman–Crippen LogP) is 24.2. The lowest BCUT2D eigenvalue weighted by Crippen LogP contribution is -2.26. The first-order valence-electron chi connectivity index (χ1n) is 30.6. The summed E-state index contributed by atoms with van der Waals surface area (Å²) in [7, 11) is 0. The summed E-state index contributed by atoms with van der Waals surface area (Å²) in [6.07, 6.45) is -9.34. The summed E-state index contributed by atoms with van der Waals surface area (Å²) in [4.78, 5) is 4.22. The highest BCUT2D eigenvalue weighted by molar-refractivity contribution is 6.21. The Morgan fingerprint density at radius 1 is 0.308 bits per heavy atom. The van der Waals surface area contributed by atoms with Crippen molar-refractivity contribution in [3.8, 4) is 44.5 Å². The Labute approximate surface area is 520 Å². The molecular formula is C81H56F6N2O2. The van der Waals surface area contributed by atoms with Crippen LogP contribution < -0.4 is 9.80 Å². The topological polar surface area (TPSA) is 32.8 Å². The summed E-state index contributed by atoms with van der Waals surface area (Å²) in [6.45, 7) is 13.0. The van der Waals surface area contributed by atoms with Crippen LogP contribution in [-0.4, -0.2) is 0 Å². The lowest BCUT2D eigenvalue weighted by atomic mass is 9.70. The maximum Gasteiger partial charge on any atom is 0.420 e. The molecule has 0 radical (unpaired) electrons. The molecule has 0 amide bonds. The van der Waals surface area contributed by atoms with E-state index < -0.39 is 28.9 Å². The maximum absolute atomic E-state index is 14.9. The Hall–Kier alpha value is -10.3. The first kappa shape index (κ1) is 54.8. The van der Waals surface area contributed by atoms with Crippen molar-refractivity contribution >= 4 is 88.8 Å². The average molecular weight is 1200 g/mol. The molecule has 12 aromatic carbocycles. The first-order valence-corrected chi connectivity index (χ1v) is 30.6. The Bertz CT molecular complexity index is 5180. The number of hydrogen-bond acceptors (Lipinski definition) is 4. The highest BCUT2D eigenvalue weighted by atomic mass is 19.4. The molecule has 91 heavy (non-hydrogen) atoms. The second-order valence-electron chi connectivity index (χ2n) is 26.5. The number of alkyl halides is 6. The van der Waals surface area contributed by atoms with Gasteiger partial charge in [-0.3, -0.25) is 0 Å². The molecule has 2 heterocycles. The van der Waals surface area contributed by atoms with Gasteiger partial charge < -0.3 is 18.6 Å². The molecular weight excluding hydrogens is 1150 g/mol. The number of benzene rings is 12. The number of anilines is 6. The maximum atomic E-state index is 14.9. The van der Waals surface area contributed by atoms with Crippen LogP contribution in [0.4, 0.5) is 60.5 Å². The van der Waals surface area contributed by atoms with Crippen molar-refractivity contribution < 1.29 is 35.2 Å². The third kappa shape index (κ3) is 7.84. The normalized spacial score (nSPS) is 13.8. The van der Waals surface area contributed by atoms with Gasteiger partial charge >= 0.3 is 12.4 Å². The summed E-state index contributed by atoms with van der Waals surface area (Å²) in [5.74, 6) is 0. The minimum atomic E-state index is -4.67. The van der Waals surface area contributed by atoms with Gasteiger partial charge in [-0.2, -0.15) is 26.3 Å². The molecule has 0 aliphatic heterocycles. The zero-order chi connectivity index (χ0) is 62.4. The third-order valence-corrected chi connectivity index (χ3v) is 19.4. The number of nitrogens with zero attached hydrogens (tertiary/aromatic N) is 2. The molecule has 14 aromatic rings. The standard InChI is InChI=1S/C81H56F6N2O2/c1-77(2,3)45-30-34-47(35-31-45)88(69-28-14-22-58-56-20-12-26-64(80(82,83)84)73(56)90-75(58)69)49-38-40-53-54-41-39-50(89(48-36-32-46(33-37-48)78(4,5)6)70-29-15-23-59-57-21-13-27-65(81(85,86)87)74(57)91-76(59)70)43-67(54)79(66(53)42-49)63-25-10-9-18-60(63)72-61-24-11-19-55-51-16-7-8-17-52(51)62(71(55)61)44-68(72)79/h7-44H,1-6H3. The van der Waals surface area contributed by atoms with Crippen molar-refractivity contribution in [3.63, 3.8) is 0 Å². The van der Waals surface area contributed by atoms with Crippen molar-refractivity contribution in [2.45, 2.75) is 70.1 Å². The van der Waals surface area contributed by atoms with Crippen LogP contribution in [0.2, 0.25) is 0 Å². The van der Waals surface area contributed by atoms with E-state index in [1.807, 2.05) is 36.4 Å². The number of rotatable bonds is 6. The van der Waals surface area contributed by atoms with Gasteiger partial charge in [0.15, 0.2) is 11.2 Å². The molecule has 3 aliphatic rings. The van der Waals surface area contributed by atoms with Crippen molar-refractivity contribution in [1.82, 2.24) is 0 Å². The molecule has 17 rings (SSSR count). The molecule has 10 heteroatoms. The highest BCUT2D eigenvalue weighted by Gasteiger charge is 2.53. The molecule has 0 saturated heterocycles. The highest BCUT2D eigenvalue weighted by Crippen LogP contribution is 2.67. The van der Waals surface area contributed by atoms with Gasteiger partial charge in [-0.1, -0.05) is 193 Å². The Kier molecular flexibility index (Phi) is 11.4. The van der Waals surface area contributed by atoms with Crippen LogP contribution in [0.3, 0.4) is 0 Å². The second-order valence-corrected chi connectivity index (χ2v) is 26.5. The molecule has 0 N–H and O–H groups in total. The quantitative estimate of drug-likeness (QED) is 0.155. The van der Waals surface area contributed by atoms with Gasteiger partial charge in [0.1, 0.15) is 11.2 Å². The summed E-state index contributed by atoms with van der Waals surface area (Å²) < 4.78 is 103. The number of fused-ring (bicyclic) bond motifs is 20. The van der Waals surface area contributed by atoms with Gasteiger partial charge in [0.05, 0.1) is 27.9 Å². The van der Waals surface area contributed by atoms with E-state index in [9.17, 15) is 26.3 Å². The molecule has 444 valence electrons. The average Bonchev–Trinajstić information content (AvgIpc) is 1.50. The number of halogens is 6. The van der Waals surface area contributed by atoms with E-state index in [-0.39, 0.29) is 22.0 Å². The fraction of sp³-hybridized carbons (Fsp3) is 0.136. The zero-order valence-electron chi connectivity index (χ0n) is 50.4. The second kappa shape index (κ2) is 18.9. The number of para-hydroxylation sites is 4. The SMILES string of the molecule is CC(C)(C)c1ccc(N(c2ccc3c(c2)C2(c4cc(N(c5ccc(C(C)(C)C)cc5)c5cccc6c5oc5c(C(F)(F)F)cccc56)ccc4-3)c3ccccc3-c3c2cc2c4c(cccc34)-c3ccccc3-2)c2cccc3c2oc2c(C(F)(F)F)cccc23)cc1. The first-order chi connectivity index (χ1) is 43.7. The lowest BCUT2D eigenvalue weighted by molar-refractivity contribution is -0.137. The lowest BCUT2D eigenvalue weighted by Gasteiger charge is -2.33. The van der Waals surface area contributed by atoms with Crippen molar-refractivity contribution in [1.29, 1.82) is 0 Å². The van der Waals surface area contributed by atoms with Crippen molar-refractivity contribution in [2.75, 3.05) is 9.80 Å². The fourth-order valence-corrected chi connectivity index (χ4v) is 15.3. The van der Waals surface area contributed by atoms with E-state index in [1.165, 1.54) is 23.1 Å². The third-order valence-electron chi connectivity index (χ3n) is 19.4. The van der Waals surface area contributed by atoms with Crippen LogP contribution in [0, 0.1) is 0 Å². The summed E-state index contributed by atoms with van der Waals surface area (Å²) in [5.41, 5.74) is 16.3. The minimum Gasteiger partial charge on any atom is -0.453 e. The van der Waals surface area contributed by atoms with Crippen LogP contribution in [0.5, 0.6) is 0 Å². The molecule has 4 nitrogen and oxygen atoms in total. The molecule has 0 saturated carbocycles. The van der Waals surface area contributed by atoms with Gasteiger partial charge in [0.25, 0.3) is 0 Å². The van der Waals surface area contributed by atoms with E-state index in [4.69, 9.17) is 8.83 Å². The molecule has 3 aliphatic carbocycles. The zero-order valence-corrected chi connectivity index (χ0v) is 50.4. The van der Waals surface area contributed by atoms with E-state index in [1.54, 1.807) is 12.1 Å². The van der Waals surface area contributed by atoms with Gasteiger partial charge in [-0.05, 0) is 178 Å². The monoisotopic (exact) mass is 1200 g/mol. The Morgan fingerprint density at radius 2 is 0.703 bits per heavy atom. The largest absolute Gasteiger partial charge is 0.453 e. The number of hydrogen-bond donors (Lipinski definition) is 0. The molecule has 0 bridgehead atoms. The number of furan rings is 2. The van der Waals surface area contributed by atoms with Crippen LogP contribution in [0.15, 0.2) is 239 Å². The molecule has 0 fully saturated rings. The van der Waals surface area contributed by atoms with E-state index >= 15 is 0 Å². The molecule has 1 spiro atoms. The molecule has 2 aromatic heterocycles. The summed E-state index contributed by atoms with van der Waals surface area (Å²) in [6, 6.07) is 75.7. The van der Waals surface area contributed by atoms with Crippen LogP contribution in [0.1, 0.15) is 86.1 Å². The van der Waals surface area contributed by atoms with E-state index in [2.05, 4.69) is 209 Å². The molecule has 0 atom stereocenters. The van der Waals surface area contributed by atoms with Gasteiger partial charge in [-0.25, -0.2) is 0 Å². The van der Waals surface area contributed by atoms with E-state index in [0.717, 1.165) is 113 Å². The Balaban J connectivity index is 0.967. The van der Waals surface area contributed by atoms with Gasteiger partial charge in [0.2, 0.25) is 0 Å².